The first-order valence-corrected chi connectivity index (χ1v) is 7.53. The Morgan fingerprint density at radius 2 is 1.84 bits per heavy atom. The summed E-state index contributed by atoms with van der Waals surface area (Å²) in [4.78, 5) is 4.38. The Morgan fingerprint density at radius 3 is 2.37 bits per heavy atom. The molecule has 2 nitrogen and oxygen atoms in total. The van der Waals surface area contributed by atoms with Gasteiger partial charge in [0.2, 0.25) is 0 Å². The van der Waals surface area contributed by atoms with Crippen LogP contribution in [0, 0.1) is 5.82 Å². The number of thiazole rings is 1. The van der Waals surface area contributed by atoms with Crippen molar-refractivity contribution in [2.75, 3.05) is 0 Å². The number of hydrogen-bond acceptors (Lipinski definition) is 3. The van der Waals surface area contributed by atoms with E-state index in [1.54, 1.807) is 11.3 Å². The summed E-state index contributed by atoms with van der Waals surface area (Å²) in [6.07, 6.45) is 3.79. The van der Waals surface area contributed by atoms with Crippen LogP contribution in [0.4, 0.5) is 4.39 Å². The summed E-state index contributed by atoms with van der Waals surface area (Å²) in [5.41, 5.74) is 1.12. The summed E-state index contributed by atoms with van der Waals surface area (Å²) in [6.45, 7) is 4.28. The highest BCUT2D eigenvalue weighted by atomic mass is 32.1. The van der Waals surface area contributed by atoms with Crippen molar-refractivity contribution in [3.05, 3.63) is 52.2 Å². The Labute approximate surface area is 117 Å². The zero-order valence-corrected chi connectivity index (χ0v) is 12.1. The third-order valence-electron chi connectivity index (χ3n) is 3.24. The fourth-order valence-corrected chi connectivity index (χ4v) is 2.94. The van der Waals surface area contributed by atoms with Crippen LogP contribution in [0.15, 0.2) is 35.8 Å². The van der Waals surface area contributed by atoms with Crippen molar-refractivity contribution >= 4 is 11.3 Å². The number of nitrogens with one attached hydrogen (secondary N) is 1. The number of hydrogen-bond donors (Lipinski definition) is 1. The monoisotopic (exact) mass is 278 g/mol. The molecule has 0 amide bonds. The lowest BCUT2D eigenvalue weighted by atomic mass is 10.0. The fourth-order valence-electron chi connectivity index (χ4n) is 2.16. The molecule has 0 aliphatic heterocycles. The Kier molecular flexibility index (Phi) is 5.05. The van der Waals surface area contributed by atoms with Crippen molar-refractivity contribution in [1.29, 1.82) is 0 Å². The van der Waals surface area contributed by atoms with E-state index < -0.39 is 0 Å². The molecule has 1 aromatic carbocycles. The van der Waals surface area contributed by atoms with E-state index in [2.05, 4.69) is 24.1 Å². The van der Waals surface area contributed by atoms with Gasteiger partial charge < -0.3 is 5.32 Å². The van der Waals surface area contributed by atoms with Crippen LogP contribution in [0.25, 0.3) is 0 Å². The second kappa shape index (κ2) is 6.78. The van der Waals surface area contributed by atoms with E-state index in [9.17, 15) is 4.39 Å². The predicted octanol–water partition coefficient (Wildman–Crippen LogP) is 4.47. The maximum absolute atomic E-state index is 13.0. The first kappa shape index (κ1) is 14.2. The van der Waals surface area contributed by atoms with Gasteiger partial charge in [0, 0.05) is 17.6 Å². The maximum Gasteiger partial charge on any atom is 0.123 e. The van der Waals surface area contributed by atoms with Gasteiger partial charge in [0.25, 0.3) is 0 Å². The number of aromatic nitrogens is 1. The zero-order chi connectivity index (χ0) is 13.7. The number of rotatable bonds is 6. The summed E-state index contributed by atoms with van der Waals surface area (Å²) in [5, 5.41) is 6.73. The van der Waals surface area contributed by atoms with Gasteiger partial charge in [-0.2, -0.15) is 0 Å². The minimum Gasteiger partial charge on any atom is -0.301 e. The molecule has 1 aromatic heterocycles. The molecule has 0 saturated heterocycles. The quantitative estimate of drug-likeness (QED) is 0.843. The SMILES string of the molecule is CCC(NC(CC)c1nccs1)c1ccc(F)cc1. The average Bonchev–Trinajstić information content (AvgIpc) is 2.95. The van der Waals surface area contributed by atoms with Crippen LogP contribution in [-0.2, 0) is 0 Å². The van der Waals surface area contributed by atoms with Crippen LogP contribution in [0.1, 0.15) is 49.3 Å². The molecule has 1 heterocycles. The molecule has 0 spiro atoms. The van der Waals surface area contributed by atoms with Gasteiger partial charge in [0.05, 0.1) is 6.04 Å². The van der Waals surface area contributed by atoms with E-state index in [-0.39, 0.29) is 17.9 Å². The van der Waals surface area contributed by atoms with Crippen molar-refractivity contribution in [1.82, 2.24) is 10.3 Å². The van der Waals surface area contributed by atoms with Gasteiger partial charge in [0.1, 0.15) is 10.8 Å². The van der Waals surface area contributed by atoms with Crippen molar-refractivity contribution in [3.8, 4) is 0 Å². The lowest BCUT2D eigenvalue weighted by molar-refractivity contribution is 0.424. The summed E-state index contributed by atoms with van der Waals surface area (Å²) >= 11 is 1.67. The maximum atomic E-state index is 13.0. The van der Waals surface area contributed by atoms with Gasteiger partial charge in [-0.3, -0.25) is 0 Å². The first-order valence-electron chi connectivity index (χ1n) is 6.65. The molecule has 102 valence electrons. The lowest BCUT2D eigenvalue weighted by Crippen LogP contribution is -2.25. The zero-order valence-electron chi connectivity index (χ0n) is 11.3. The highest BCUT2D eigenvalue weighted by molar-refractivity contribution is 7.09. The molecule has 0 radical (unpaired) electrons. The first-order chi connectivity index (χ1) is 9.24. The molecule has 0 fully saturated rings. The predicted molar refractivity (Wildman–Crippen MR) is 77.7 cm³/mol. The van der Waals surface area contributed by atoms with Gasteiger partial charge in [0.15, 0.2) is 0 Å². The molecular formula is C15H19FN2S. The van der Waals surface area contributed by atoms with Gasteiger partial charge in [-0.15, -0.1) is 11.3 Å². The van der Waals surface area contributed by atoms with E-state index in [0.29, 0.717) is 0 Å². The molecule has 2 atom stereocenters. The summed E-state index contributed by atoms with van der Waals surface area (Å²) < 4.78 is 13.0. The molecular weight excluding hydrogens is 259 g/mol. The van der Waals surface area contributed by atoms with E-state index in [1.165, 1.54) is 12.1 Å². The minimum absolute atomic E-state index is 0.189. The molecule has 2 aromatic rings. The molecule has 0 bridgehead atoms. The minimum atomic E-state index is -0.189. The Morgan fingerprint density at radius 1 is 1.16 bits per heavy atom. The van der Waals surface area contributed by atoms with Gasteiger partial charge in [-0.25, -0.2) is 9.37 Å². The normalized spacial score (nSPS) is 14.3. The fraction of sp³-hybridized carbons (Fsp3) is 0.400. The number of nitrogens with zero attached hydrogens (tertiary/aromatic N) is 1. The second-order valence-corrected chi connectivity index (χ2v) is 5.44. The van der Waals surface area contributed by atoms with Crippen molar-refractivity contribution < 1.29 is 4.39 Å². The molecule has 4 heteroatoms. The van der Waals surface area contributed by atoms with Gasteiger partial charge in [-0.1, -0.05) is 26.0 Å². The van der Waals surface area contributed by atoms with E-state index >= 15 is 0 Å². The van der Waals surface area contributed by atoms with Gasteiger partial charge >= 0.3 is 0 Å². The van der Waals surface area contributed by atoms with Crippen LogP contribution >= 0.6 is 11.3 Å². The third-order valence-corrected chi connectivity index (χ3v) is 4.13. The van der Waals surface area contributed by atoms with Crippen molar-refractivity contribution in [2.24, 2.45) is 0 Å². The summed E-state index contributed by atoms with van der Waals surface area (Å²) in [6, 6.07) is 7.23. The van der Waals surface area contributed by atoms with Gasteiger partial charge in [-0.05, 0) is 30.5 Å². The Balaban J connectivity index is 2.11. The second-order valence-electron chi connectivity index (χ2n) is 4.51. The van der Waals surface area contributed by atoms with E-state index in [1.807, 2.05) is 23.7 Å². The van der Waals surface area contributed by atoms with E-state index in [0.717, 1.165) is 23.4 Å². The third kappa shape index (κ3) is 3.61. The molecule has 0 aliphatic rings. The highest BCUT2D eigenvalue weighted by Crippen LogP contribution is 2.25. The van der Waals surface area contributed by atoms with Crippen molar-refractivity contribution in [3.63, 3.8) is 0 Å². The highest BCUT2D eigenvalue weighted by Gasteiger charge is 2.17. The smallest absolute Gasteiger partial charge is 0.123 e. The summed E-state index contributed by atoms with van der Waals surface area (Å²) in [5.74, 6) is -0.189. The molecule has 1 N–H and O–H groups in total. The van der Waals surface area contributed by atoms with Crippen LogP contribution in [0.2, 0.25) is 0 Å². The molecule has 19 heavy (non-hydrogen) atoms. The molecule has 2 unspecified atom stereocenters. The van der Waals surface area contributed by atoms with Crippen LogP contribution < -0.4 is 5.32 Å². The van der Waals surface area contributed by atoms with Crippen LogP contribution in [-0.4, -0.2) is 4.98 Å². The Bertz CT molecular complexity index is 481. The molecule has 0 saturated carbocycles. The van der Waals surface area contributed by atoms with E-state index in [4.69, 9.17) is 0 Å². The lowest BCUT2D eigenvalue weighted by Gasteiger charge is -2.23. The number of benzene rings is 1. The van der Waals surface area contributed by atoms with Crippen LogP contribution in [0.3, 0.4) is 0 Å². The van der Waals surface area contributed by atoms with Crippen molar-refractivity contribution in [2.45, 2.75) is 38.8 Å². The Hall–Kier alpha value is -1.26. The standard InChI is InChI=1S/C15H19FN2S/c1-3-13(11-5-7-12(16)8-6-11)18-14(4-2)15-17-9-10-19-15/h5-10,13-14,18H,3-4H2,1-2H3. The average molecular weight is 278 g/mol. The summed E-state index contributed by atoms with van der Waals surface area (Å²) in [7, 11) is 0. The van der Waals surface area contributed by atoms with Crippen LogP contribution in [0.5, 0.6) is 0 Å². The topological polar surface area (TPSA) is 24.9 Å². The molecule has 0 aliphatic carbocycles. The molecule has 2 rings (SSSR count). The largest absolute Gasteiger partial charge is 0.301 e. The number of halogens is 1.